The Morgan fingerprint density at radius 3 is 3.00 bits per heavy atom. The van der Waals surface area contributed by atoms with Gasteiger partial charge in [0.25, 0.3) is 5.91 Å². The number of hydrogen-bond acceptors (Lipinski definition) is 3. The van der Waals surface area contributed by atoms with Gasteiger partial charge in [0.05, 0.1) is 6.04 Å². The molecule has 0 aliphatic rings. The number of rotatable bonds is 5. The fraction of sp³-hybridized carbons (Fsp3) is 0.308. The van der Waals surface area contributed by atoms with Crippen LogP contribution in [0.3, 0.4) is 0 Å². The number of nitrogens with two attached hydrogens (primary N) is 1. The van der Waals surface area contributed by atoms with E-state index in [2.05, 4.69) is 11.2 Å². The molecule has 1 aromatic rings. The second kappa shape index (κ2) is 6.44. The van der Waals surface area contributed by atoms with Gasteiger partial charge in [0.15, 0.2) is 6.61 Å². The van der Waals surface area contributed by atoms with E-state index in [1.807, 2.05) is 6.92 Å². The third-order valence-corrected chi connectivity index (χ3v) is 2.17. The first-order valence-corrected chi connectivity index (χ1v) is 5.39. The maximum Gasteiger partial charge on any atom is 0.258 e. The van der Waals surface area contributed by atoms with Crippen molar-refractivity contribution < 1.29 is 9.53 Å². The molecule has 3 N–H and O–H groups in total. The van der Waals surface area contributed by atoms with Crippen molar-refractivity contribution in [2.24, 2.45) is 0 Å². The van der Waals surface area contributed by atoms with Gasteiger partial charge in [0.1, 0.15) is 5.75 Å². The Balaban J connectivity index is 2.41. The largest absolute Gasteiger partial charge is 0.484 e. The number of hydrogen-bond donors (Lipinski definition) is 2. The van der Waals surface area contributed by atoms with Crippen molar-refractivity contribution in [1.82, 2.24) is 5.32 Å². The third-order valence-electron chi connectivity index (χ3n) is 2.17. The predicted octanol–water partition coefficient (Wildman–Crippen LogP) is 1.18. The van der Waals surface area contributed by atoms with Crippen LogP contribution in [0.4, 0.5) is 5.69 Å². The van der Waals surface area contributed by atoms with Crippen LogP contribution in [0.25, 0.3) is 0 Å². The zero-order chi connectivity index (χ0) is 12.7. The number of carbonyl (C=O) groups is 1. The molecule has 1 rings (SSSR count). The summed E-state index contributed by atoms with van der Waals surface area (Å²) in [5.74, 6) is 2.81. The highest BCUT2D eigenvalue weighted by atomic mass is 16.5. The molecule has 0 aliphatic carbocycles. The van der Waals surface area contributed by atoms with Crippen molar-refractivity contribution in [3.63, 3.8) is 0 Å². The van der Waals surface area contributed by atoms with Crippen molar-refractivity contribution in [2.45, 2.75) is 19.4 Å². The smallest absolute Gasteiger partial charge is 0.258 e. The molecule has 4 heteroatoms. The molecule has 1 aromatic carbocycles. The quantitative estimate of drug-likeness (QED) is 0.591. The minimum Gasteiger partial charge on any atom is -0.484 e. The molecule has 90 valence electrons. The van der Waals surface area contributed by atoms with Gasteiger partial charge in [-0.05, 0) is 18.6 Å². The minimum absolute atomic E-state index is 0.0678. The average molecular weight is 232 g/mol. The van der Waals surface area contributed by atoms with Gasteiger partial charge in [-0.3, -0.25) is 4.79 Å². The first kappa shape index (κ1) is 12.9. The van der Waals surface area contributed by atoms with Crippen molar-refractivity contribution >= 4 is 11.6 Å². The molecule has 1 amide bonds. The van der Waals surface area contributed by atoms with Crippen LogP contribution in [0.5, 0.6) is 5.75 Å². The average Bonchev–Trinajstić information content (AvgIpc) is 2.33. The van der Waals surface area contributed by atoms with Gasteiger partial charge in [-0.25, -0.2) is 0 Å². The molecule has 0 spiro atoms. The van der Waals surface area contributed by atoms with Crippen LogP contribution in [-0.4, -0.2) is 18.6 Å². The predicted molar refractivity (Wildman–Crippen MR) is 67.4 cm³/mol. The summed E-state index contributed by atoms with van der Waals surface area (Å²) in [6, 6.07) is 6.66. The molecule has 0 bridgehead atoms. The lowest BCUT2D eigenvalue weighted by Crippen LogP contribution is -2.36. The van der Waals surface area contributed by atoms with E-state index in [0.717, 1.165) is 0 Å². The Kier molecular flexibility index (Phi) is 4.89. The van der Waals surface area contributed by atoms with Gasteiger partial charge in [0.2, 0.25) is 0 Å². The third kappa shape index (κ3) is 4.47. The summed E-state index contributed by atoms with van der Waals surface area (Å²) < 4.78 is 5.28. The summed E-state index contributed by atoms with van der Waals surface area (Å²) in [5.41, 5.74) is 6.18. The van der Waals surface area contributed by atoms with Crippen LogP contribution >= 0.6 is 0 Å². The lowest BCUT2D eigenvalue weighted by Gasteiger charge is -2.11. The molecule has 1 atom stereocenters. The van der Waals surface area contributed by atoms with E-state index >= 15 is 0 Å². The van der Waals surface area contributed by atoms with Crippen LogP contribution < -0.4 is 15.8 Å². The molecule has 1 unspecified atom stereocenters. The molecular formula is C13H16N2O2. The van der Waals surface area contributed by atoms with E-state index in [-0.39, 0.29) is 18.6 Å². The summed E-state index contributed by atoms with van der Waals surface area (Å²) in [7, 11) is 0. The summed E-state index contributed by atoms with van der Waals surface area (Å²) in [4.78, 5) is 11.5. The number of terminal acetylenes is 1. The zero-order valence-electron chi connectivity index (χ0n) is 9.77. The van der Waals surface area contributed by atoms with Crippen molar-refractivity contribution in [3.05, 3.63) is 24.3 Å². The molecule has 17 heavy (non-hydrogen) atoms. The Bertz CT molecular complexity index is 424. The lowest BCUT2D eigenvalue weighted by atomic mass is 10.2. The molecule has 0 radical (unpaired) electrons. The molecule has 0 heterocycles. The van der Waals surface area contributed by atoms with Gasteiger partial charge in [-0.1, -0.05) is 18.9 Å². The number of carbonyl (C=O) groups excluding carboxylic acids is 1. The van der Waals surface area contributed by atoms with Gasteiger partial charge < -0.3 is 15.8 Å². The van der Waals surface area contributed by atoms with E-state index in [9.17, 15) is 4.79 Å². The summed E-state index contributed by atoms with van der Waals surface area (Å²) in [5, 5.41) is 2.67. The van der Waals surface area contributed by atoms with Crippen LogP contribution in [0.2, 0.25) is 0 Å². The van der Waals surface area contributed by atoms with Crippen molar-refractivity contribution in [2.75, 3.05) is 12.3 Å². The molecule has 0 saturated heterocycles. The van der Waals surface area contributed by atoms with Crippen LogP contribution in [-0.2, 0) is 4.79 Å². The summed E-state index contributed by atoms with van der Waals surface area (Å²) in [6.07, 6.45) is 5.93. The van der Waals surface area contributed by atoms with Gasteiger partial charge >= 0.3 is 0 Å². The monoisotopic (exact) mass is 232 g/mol. The fourth-order valence-electron chi connectivity index (χ4n) is 1.25. The van der Waals surface area contributed by atoms with E-state index in [1.54, 1.807) is 24.3 Å². The highest BCUT2D eigenvalue weighted by Gasteiger charge is 2.07. The number of ether oxygens (including phenoxy) is 1. The first-order chi connectivity index (χ1) is 8.15. The van der Waals surface area contributed by atoms with Crippen molar-refractivity contribution in [1.29, 1.82) is 0 Å². The number of nitrogens with one attached hydrogen (secondary N) is 1. The number of amides is 1. The highest BCUT2D eigenvalue weighted by Crippen LogP contribution is 2.13. The summed E-state index contributed by atoms with van der Waals surface area (Å²) >= 11 is 0. The SMILES string of the molecule is C#CC(CC)NC(=O)COc1cccc(N)c1. The Hall–Kier alpha value is -2.15. The van der Waals surface area contributed by atoms with Crippen LogP contribution in [0, 0.1) is 12.3 Å². The van der Waals surface area contributed by atoms with E-state index in [0.29, 0.717) is 17.9 Å². The lowest BCUT2D eigenvalue weighted by molar-refractivity contribution is -0.123. The highest BCUT2D eigenvalue weighted by molar-refractivity contribution is 5.78. The Morgan fingerprint density at radius 1 is 1.65 bits per heavy atom. The normalized spacial score (nSPS) is 11.3. The maximum absolute atomic E-state index is 11.5. The molecular weight excluding hydrogens is 216 g/mol. The van der Waals surface area contributed by atoms with E-state index in [4.69, 9.17) is 16.9 Å². The van der Waals surface area contributed by atoms with Crippen LogP contribution in [0.1, 0.15) is 13.3 Å². The first-order valence-electron chi connectivity index (χ1n) is 5.39. The van der Waals surface area contributed by atoms with Crippen LogP contribution in [0.15, 0.2) is 24.3 Å². The topological polar surface area (TPSA) is 64.3 Å². The molecule has 0 aromatic heterocycles. The number of nitrogen functional groups attached to an aromatic ring is 1. The van der Waals surface area contributed by atoms with Gasteiger partial charge in [0, 0.05) is 11.8 Å². The number of anilines is 1. The molecule has 0 fully saturated rings. The minimum atomic E-state index is -0.244. The second-order valence-corrected chi connectivity index (χ2v) is 3.56. The molecule has 0 aliphatic heterocycles. The van der Waals surface area contributed by atoms with E-state index < -0.39 is 0 Å². The number of benzene rings is 1. The standard InChI is InChI=1S/C13H16N2O2/c1-3-11(4-2)15-13(16)9-17-12-7-5-6-10(14)8-12/h1,5-8,11H,4,9,14H2,2H3,(H,15,16). The fourth-order valence-corrected chi connectivity index (χ4v) is 1.25. The Labute approximate surface area is 101 Å². The molecule has 0 saturated carbocycles. The zero-order valence-corrected chi connectivity index (χ0v) is 9.77. The van der Waals surface area contributed by atoms with Crippen molar-refractivity contribution in [3.8, 4) is 18.1 Å². The molecule has 4 nitrogen and oxygen atoms in total. The van der Waals surface area contributed by atoms with Gasteiger partial charge in [-0.15, -0.1) is 6.42 Å². The van der Waals surface area contributed by atoms with E-state index in [1.165, 1.54) is 0 Å². The summed E-state index contributed by atoms with van der Waals surface area (Å²) in [6.45, 7) is 1.84. The second-order valence-electron chi connectivity index (χ2n) is 3.56. The van der Waals surface area contributed by atoms with Gasteiger partial charge in [-0.2, -0.15) is 0 Å². The Morgan fingerprint density at radius 2 is 2.41 bits per heavy atom. The maximum atomic E-state index is 11.5.